The largest absolute Gasteiger partial charge is 0.493 e. The fourth-order valence-corrected chi connectivity index (χ4v) is 4.05. The highest BCUT2D eigenvalue weighted by atomic mass is 19.1. The molecule has 1 saturated heterocycles. The van der Waals surface area contributed by atoms with Crippen molar-refractivity contribution < 1.29 is 27.8 Å². The van der Waals surface area contributed by atoms with Crippen LogP contribution < -0.4 is 24.8 Å². The minimum Gasteiger partial charge on any atom is -0.493 e. The average molecular weight is 461 g/mol. The molecule has 2 aromatic rings. The van der Waals surface area contributed by atoms with E-state index in [1.54, 1.807) is 12.1 Å². The lowest BCUT2D eigenvalue weighted by Crippen LogP contribution is -2.37. The molecule has 2 aromatic carbocycles. The van der Waals surface area contributed by atoms with Crippen molar-refractivity contribution in [1.82, 2.24) is 10.6 Å². The number of nitrogens with one attached hydrogen (secondary N) is 2. The zero-order chi connectivity index (χ0) is 24.0. The van der Waals surface area contributed by atoms with Gasteiger partial charge in [-0.15, -0.1) is 0 Å². The van der Waals surface area contributed by atoms with E-state index in [0.717, 1.165) is 31.0 Å². The van der Waals surface area contributed by atoms with Gasteiger partial charge in [-0.3, -0.25) is 4.79 Å². The van der Waals surface area contributed by atoms with Gasteiger partial charge >= 0.3 is 0 Å². The quantitative estimate of drug-likeness (QED) is 0.589. The Morgan fingerprint density at radius 3 is 2.52 bits per heavy atom. The van der Waals surface area contributed by atoms with Gasteiger partial charge in [0.2, 0.25) is 5.75 Å². The Balaban J connectivity index is 1.99. The van der Waals surface area contributed by atoms with Crippen molar-refractivity contribution in [2.24, 2.45) is 0 Å². The lowest BCUT2D eigenvalue weighted by Gasteiger charge is -2.20. The normalized spacial score (nSPS) is 15.9. The predicted octanol–water partition coefficient (Wildman–Crippen LogP) is 4.12. The van der Waals surface area contributed by atoms with Gasteiger partial charge in [0.15, 0.2) is 11.5 Å². The fraction of sp³-hybridized carbons (Fsp3) is 0.400. The molecule has 0 aliphatic carbocycles. The van der Waals surface area contributed by atoms with Crippen LogP contribution in [0.1, 0.15) is 41.3 Å². The molecule has 0 bridgehead atoms. The van der Waals surface area contributed by atoms with E-state index >= 15 is 0 Å². The SMILES string of the molecule is COc1cc(C(=O)NC[C@H]2CCCN2)c(CC(C)=Cc2ccc(F)cc2F)c(OC)c1OC. The molecule has 0 aromatic heterocycles. The molecule has 0 spiro atoms. The average Bonchev–Trinajstić information content (AvgIpc) is 3.32. The summed E-state index contributed by atoms with van der Waals surface area (Å²) in [5.41, 5.74) is 1.97. The van der Waals surface area contributed by atoms with Crippen LogP contribution in [0.4, 0.5) is 8.78 Å². The van der Waals surface area contributed by atoms with Crippen molar-refractivity contribution >= 4 is 12.0 Å². The molecule has 33 heavy (non-hydrogen) atoms. The third-order valence-corrected chi connectivity index (χ3v) is 5.67. The number of hydrogen-bond donors (Lipinski definition) is 2. The van der Waals surface area contributed by atoms with Crippen LogP contribution in [0.15, 0.2) is 29.8 Å². The van der Waals surface area contributed by atoms with E-state index in [-0.39, 0.29) is 23.9 Å². The Morgan fingerprint density at radius 2 is 1.91 bits per heavy atom. The van der Waals surface area contributed by atoms with Gasteiger partial charge in [-0.2, -0.15) is 0 Å². The van der Waals surface area contributed by atoms with Crippen molar-refractivity contribution in [2.75, 3.05) is 34.4 Å². The Hall–Kier alpha value is -3.13. The first-order valence-electron chi connectivity index (χ1n) is 10.8. The topological polar surface area (TPSA) is 68.8 Å². The number of methoxy groups -OCH3 is 3. The lowest BCUT2D eigenvalue weighted by atomic mass is 9.96. The molecular formula is C25H30F2N2O4. The summed E-state index contributed by atoms with van der Waals surface area (Å²) in [6.45, 7) is 3.26. The van der Waals surface area contributed by atoms with Crippen LogP contribution in [0.3, 0.4) is 0 Å². The van der Waals surface area contributed by atoms with Gasteiger partial charge in [0.1, 0.15) is 11.6 Å². The van der Waals surface area contributed by atoms with E-state index in [9.17, 15) is 13.6 Å². The number of allylic oxidation sites excluding steroid dienone is 1. The predicted molar refractivity (Wildman–Crippen MR) is 123 cm³/mol. The monoisotopic (exact) mass is 460 g/mol. The lowest BCUT2D eigenvalue weighted by molar-refractivity contribution is 0.0948. The summed E-state index contributed by atoms with van der Waals surface area (Å²) >= 11 is 0. The standard InChI is InChI=1S/C25H30F2N2O4/c1-15(10-16-7-8-17(26)12-21(16)27)11-19-20(25(30)29-14-18-6-5-9-28-18)13-22(31-2)24(33-4)23(19)32-3/h7-8,10,12-13,18,28H,5-6,9,11,14H2,1-4H3,(H,29,30)/t18-/m1/s1. The van der Waals surface area contributed by atoms with Crippen molar-refractivity contribution in [3.63, 3.8) is 0 Å². The summed E-state index contributed by atoms with van der Waals surface area (Å²) in [5, 5.41) is 6.34. The van der Waals surface area contributed by atoms with Crippen molar-refractivity contribution in [3.05, 3.63) is 58.2 Å². The molecule has 8 heteroatoms. The minimum atomic E-state index is -0.657. The van der Waals surface area contributed by atoms with Crippen molar-refractivity contribution in [3.8, 4) is 17.2 Å². The number of carbonyl (C=O) groups is 1. The van der Waals surface area contributed by atoms with Crippen LogP contribution in [-0.4, -0.2) is 46.4 Å². The van der Waals surface area contributed by atoms with Crippen molar-refractivity contribution in [1.29, 1.82) is 0 Å². The van der Waals surface area contributed by atoms with E-state index in [4.69, 9.17) is 14.2 Å². The molecule has 1 aliphatic rings. The van der Waals surface area contributed by atoms with Gasteiger partial charge in [0.05, 0.1) is 26.9 Å². The van der Waals surface area contributed by atoms with E-state index in [0.29, 0.717) is 34.9 Å². The van der Waals surface area contributed by atoms with E-state index in [2.05, 4.69) is 10.6 Å². The molecule has 0 unspecified atom stereocenters. The zero-order valence-corrected chi connectivity index (χ0v) is 19.4. The number of hydrogen-bond acceptors (Lipinski definition) is 5. The van der Waals surface area contributed by atoms with Crippen LogP contribution in [-0.2, 0) is 6.42 Å². The number of halogens is 2. The Morgan fingerprint density at radius 1 is 1.15 bits per heavy atom. The summed E-state index contributed by atoms with van der Waals surface area (Å²) in [7, 11) is 4.47. The second-order valence-electron chi connectivity index (χ2n) is 8.01. The molecule has 1 atom stereocenters. The molecule has 1 heterocycles. The van der Waals surface area contributed by atoms with E-state index < -0.39 is 11.6 Å². The molecule has 0 saturated carbocycles. The molecule has 2 N–H and O–H groups in total. The Labute approximate surface area is 192 Å². The van der Waals surface area contributed by atoms with Crippen molar-refractivity contribution in [2.45, 2.75) is 32.2 Å². The van der Waals surface area contributed by atoms with Gasteiger partial charge in [-0.25, -0.2) is 8.78 Å². The second-order valence-corrected chi connectivity index (χ2v) is 8.01. The summed E-state index contributed by atoms with van der Waals surface area (Å²) in [5.74, 6) is -0.458. The first-order chi connectivity index (χ1) is 15.9. The number of benzene rings is 2. The Kier molecular flexibility index (Phi) is 8.27. The maximum Gasteiger partial charge on any atom is 0.251 e. The van der Waals surface area contributed by atoms with Crippen LogP contribution >= 0.6 is 0 Å². The maximum absolute atomic E-state index is 14.2. The Bertz CT molecular complexity index is 1030. The van der Waals surface area contributed by atoms with Crippen LogP contribution in [0.5, 0.6) is 17.2 Å². The van der Waals surface area contributed by atoms with Crippen LogP contribution in [0.25, 0.3) is 6.08 Å². The first-order valence-corrected chi connectivity index (χ1v) is 10.8. The molecule has 1 fully saturated rings. The molecule has 178 valence electrons. The first kappa shape index (κ1) is 24.5. The number of ether oxygens (including phenoxy) is 3. The highest BCUT2D eigenvalue weighted by Gasteiger charge is 2.25. The molecular weight excluding hydrogens is 430 g/mol. The van der Waals surface area contributed by atoms with Gasteiger partial charge < -0.3 is 24.8 Å². The third kappa shape index (κ3) is 5.82. The molecule has 0 radical (unpaired) electrons. The highest BCUT2D eigenvalue weighted by molar-refractivity contribution is 5.97. The number of rotatable bonds is 9. The third-order valence-electron chi connectivity index (χ3n) is 5.67. The minimum absolute atomic E-state index is 0.238. The van der Waals surface area contributed by atoms with Gasteiger partial charge in [-0.05, 0) is 50.9 Å². The summed E-state index contributed by atoms with van der Waals surface area (Å²) in [6.07, 6.45) is 3.99. The van der Waals surface area contributed by atoms with E-state index in [1.807, 2.05) is 6.92 Å². The molecule has 1 amide bonds. The summed E-state index contributed by atoms with van der Waals surface area (Å²) in [4.78, 5) is 13.2. The smallest absolute Gasteiger partial charge is 0.251 e. The molecule has 6 nitrogen and oxygen atoms in total. The van der Waals surface area contributed by atoms with E-state index in [1.165, 1.54) is 33.5 Å². The van der Waals surface area contributed by atoms with Gasteiger partial charge in [-0.1, -0.05) is 11.6 Å². The zero-order valence-electron chi connectivity index (χ0n) is 19.4. The summed E-state index contributed by atoms with van der Waals surface area (Å²) in [6, 6.07) is 5.28. The highest BCUT2D eigenvalue weighted by Crippen LogP contribution is 2.43. The molecule has 3 rings (SSSR count). The van der Waals surface area contributed by atoms with Crippen LogP contribution in [0.2, 0.25) is 0 Å². The number of carbonyl (C=O) groups excluding carboxylic acids is 1. The second kappa shape index (κ2) is 11.1. The van der Waals surface area contributed by atoms with Gasteiger partial charge in [0, 0.05) is 29.8 Å². The van der Waals surface area contributed by atoms with Crippen LogP contribution in [0, 0.1) is 11.6 Å². The summed E-state index contributed by atoms with van der Waals surface area (Å²) < 4.78 is 44.0. The molecule has 1 aliphatic heterocycles. The fourth-order valence-electron chi connectivity index (χ4n) is 4.05. The van der Waals surface area contributed by atoms with Gasteiger partial charge in [0.25, 0.3) is 5.91 Å². The maximum atomic E-state index is 14.2. The number of amides is 1.